The largest absolute Gasteiger partial charge is 0.493 e. The van der Waals surface area contributed by atoms with E-state index in [4.69, 9.17) is 4.74 Å². The van der Waals surface area contributed by atoms with Crippen molar-refractivity contribution in [1.82, 2.24) is 0 Å². The molecular formula is C17H17FO2. The molecule has 2 aromatic carbocycles. The van der Waals surface area contributed by atoms with Crippen LogP contribution in [-0.4, -0.2) is 12.4 Å². The summed E-state index contributed by atoms with van der Waals surface area (Å²) < 4.78 is 19.4. The SMILES string of the molecule is CCOc1ccc(C)cc1C(=O)c1ccc(C)cc1F. The number of ketones is 1. The molecule has 0 aromatic heterocycles. The molecule has 0 aliphatic heterocycles. The highest BCUT2D eigenvalue weighted by atomic mass is 19.1. The predicted octanol–water partition coefficient (Wildman–Crippen LogP) is 4.07. The van der Waals surface area contributed by atoms with E-state index in [9.17, 15) is 9.18 Å². The molecule has 3 heteroatoms. The summed E-state index contributed by atoms with van der Waals surface area (Å²) in [5.41, 5.74) is 2.19. The van der Waals surface area contributed by atoms with Gasteiger partial charge in [0, 0.05) is 0 Å². The van der Waals surface area contributed by atoms with Crippen LogP contribution in [0.1, 0.15) is 34.0 Å². The van der Waals surface area contributed by atoms with E-state index in [-0.39, 0.29) is 11.3 Å². The molecule has 0 unspecified atom stereocenters. The van der Waals surface area contributed by atoms with Gasteiger partial charge in [0.2, 0.25) is 0 Å². The van der Waals surface area contributed by atoms with Gasteiger partial charge in [-0.2, -0.15) is 0 Å². The van der Waals surface area contributed by atoms with E-state index in [1.807, 2.05) is 19.9 Å². The zero-order chi connectivity index (χ0) is 14.7. The molecule has 2 nitrogen and oxygen atoms in total. The minimum atomic E-state index is -0.501. The molecule has 0 saturated carbocycles. The summed E-state index contributed by atoms with van der Waals surface area (Å²) >= 11 is 0. The van der Waals surface area contributed by atoms with Crippen LogP contribution in [0, 0.1) is 19.7 Å². The lowest BCUT2D eigenvalue weighted by Gasteiger charge is -2.11. The molecule has 104 valence electrons. The Kier molecular flexibility index (Phi) is 4.18. The quantitative estimate of drug-likeness (QED) is 0.784. The maximum absolute atomic E-state index is 13.9. The van der Waals surface area contributed by atoms with E-state index in [0.717, 1.165) is 11.1 Å². The molecule has 20 heavy (non-hydrogen) atoms. The summed E-state index contributed by atoms with van der Waals surface area (Å²) in [7, 11) is 0. The fraction of sp³-hybridized carbons (Fsp3) is 0.235. The Hall–Kier alpha value is -2.16. The van der Waals surface area contributed by atoms with Gasteiger partial charge in [0.15, 0.2) is 5.78 Å². The molecule has 0 spiro atoms. The van der Waals surface area contributed by atoms with Crippen LogP contribution in [0.4, 0.5) is 4.39 Å². The molecule has 0 atom stereocenters. The number of rotatable bonds is 4. The second kappa shape index (κ2) is 5.87. The highest BCUT2D eigenvalue weighted by Gasteiger charge is 2.18. The molecule has 0 radical (unpaired) electrons. The number of benzene rings is 2. The fourth-order valence-corrected chi connectivity index (χ4v) is 2.05. The monoisotopic (exact) mass is 272 g/mol. The van der Waals surface area contributed by atoms with Crippen LogP contribution in [0.25, 0.3) is 0 Å². The zero-order valence-corrected chi connectivity index (χ0v) is 11.9. The molecule has 0 fully saturated rings. The maximum atomic E-state index is 13.9. The highest BCUT2D eigenvalue weighted by molar-refractivity contribution is 6.11. The van der Waals surface area contributed by atoms with E-state index >= 15 is 0 Å². The molecule has 2 rings (SSSR count). The van der Waals surface area contributed by atoms with Gasteiger partial charge in [-0.15, -0.1) is 0 Å². The number of carbonyl (C=O) groups excluding carboxylic acids is 1. The van der Waals surface area contributed by atoms with Crippen molar-refractivity contribution in [2.24, 2.45) is 0 Å². The van der Waals surface area contributed by atoms with Crippen molar-refractivity contribution in [2.75, 3.05) is 6.61 Å². The van der Waals surface area contributed by atoms with Gasteiger partial charge in [-0.25, -0.2) is 4.39 Å². The first-order valence-corrected chi connectivity index (χ1v) is 6.57. The lowest BCUT2D eigenvalue weighted by Crippen LogP contribution is -2.08. The van der Waals surface area contributed by atoms with E-state index in [2.05, 4.69) is 0 Å². The van der Waals surface area contributed by atoms with Crippen LogP contribution < -0.4 is 4.74 Å². The van der Waals surface area contributed by atoms with E-state index in [1.165, 1.54) is 12.1 Å². The van der Waals surface area contributed by atoms with E-state index in [1.54, 1.807) is 25.1 Å². The number of hydrogen-bond donors (Lipinski definition) is 0. The molecule has 0 N–H and O–H groups in total. The van der Waals surface area contributed by atoms with Crippen molar-refractivity contribution in [2.45, 2.75) is 20.8 Å². The average Bonchev–Trinajstić information content (AvgIpc) is 2.40. The van der Waals surface area contributed by atoms with E-state index in [0.29, 0.717) is 17.9 Å². The standard InChI is InChI=1S/C17H17FO2/c1-4-20-16-8-6-11(2)9-14(16)17(19)13-7-5-12(3)10-15(13)18/h5-10H,4H2,1-3H3. The number of aryl methyl sites for hydroxylation is 2. The van der Waals surface area contributed by atoms with Crippen LogP contribution in [0.3, 0.4) is 0 Å². The summed E-state index contributed by atoms with van der Waals surface area (Å²) in [6, 6.07) is 9.96. The van der Waals surface area contributed by atoms with Crippen LogP contribution in [0.2, 0.25) is 0 Å². The Bertz CT molecular complexity index is 647. The van der Waals surface area contributed by atoms with Crippen molar-refractivity contribution in [1.29, 1.82) is 0 Å². The molecule has 0 heterocycles. The summed E-state index contributed by atoms with van der Waals surface area (Å²) in [5, 5.41) is 0. The number of ether oxygens (including phenoxy) is 1. The van der Waals surface area contributed by atoms with Gasteiger partial charge in [-0.1, -0.05) is 17.7 Å². The van der Waals surface area contributed by atoms with Gasteiger partial charge >= 0.3 is 0 Å². The lowest BCUT2D eigenvalue weighted by molar-refractivity contribution is 0.103. The summed E-state index contributed by atoms with van der Waals surface area (Å²) in [4.78, 5) is 12.5. The Morgan fingerprint density at radius 1 is 1.05 bits per heavy atom. The smallest absolute Gasteiger partial charge is 0.199 e. The summed E-state index contributed by atoms with van der Waals surface area (Å²) in [5.74, 6) is -0.364. The molecule has 0 aliphatic carbocycles. The molecular weight excluding hydrogens is 255 g/mol. The molecule has 2 aromatic rings. The van der Waals surface area contributed by atoms with Gasteiger partial charge in [-0.05, 0) is 50.6 Å². The topological polar surface area (TPSA) is 26.3 Å². The van der Waals surface area contributed by atoms with Crippen molar-refractivity contribution in [3.05, 3.63) is 64.5 Å². The molecule has 0 aliphatic rings. The minimum absolute atomic E-state index is 0.0714. The first-order valence-electron chi connectivity index (χ1n) is 6.57. The average molecular weight is 272 g/mol. The summed E-state index contributed by atoms with van der Waals surface area (Å²) in [6.07, 6.45) is 0. The van der Waals surface area contributed by atoms with Gasteiger partial charge in [-0.3, -0.25) is 4.79 Å². The molecule has 0 bridgehead atoms. The first kappa shape index (κ1) is 14.3. The van der Waals surface area contributed by atoms with Gasteiger partial charge in [0.25, 0.3) is 0 Å². The van der Waals surface area contributed by atoms with Gasteiger partial charge in [0.05, 0.1) is 17.7 Å². The zero-order valence-electron chi connectivity index (χ0n) is 11.9. The van der Waals surface area contributed by atoms with Crippen LogP contribution in [0.15, 0.2) is 36.4 Å². The van der Waals surface area contributed by atoms with Crippen LogP contribution in [0.5, 0.6) is 5.75 Å². The number of halogens is 1. The third-order valence-electron chi connectivity index (χ3n) is 3.05. The second-order valence-electron chi connectivity index (χ2n) is 4.75. The van der Waals surface area contributed by atoms with Crippen LogP contribution in [-0.2, 0) is 0 Å². The third kappa shape index (κ3) is 2.87. The van der Waals surface area contributed by atoms with Crippen molar-refractivity contribution >= 4 is 5.78 Å². The predicted molar refractivity (Wildman–Crippen MR) is 76.9 cm³/mol. The Morgan fingerprint density at radius 2 is 1.70 bits per heavy atom. The Labute approximate surface area is 118 Å². The second-order valence-corrected chi connectivity index (χ2v) is 4.75. The highest BCUT2D eigenvalue weighted by Crippen LogP contribution is 2.24. The van der Waals surface area contributed by atoms with Crippen LogP contribution >= 0.6 is 0 Å². The Balaban J connectivity index is 2.49. The van der Waals surface area contributed by atoms with Crippen molar-refractivity contribution < 1.29 is 13.9 Å². The molecule has 0 amide bonds. The normalized spacial score (nSPS) is 10.4. The summed E-state index contributed by atoms with van der Waals surface area (Å²) in [6.45, 7) is 5.98. The third-order valence-corrected chi connectivity index (χ3v) is 3.05. The molecule has 0 saturated heterocycles. The lowest BCUT2D eigenvalue weighted by atomic mass is 9.99. The van der Waals surface area contributed by atoms with E-state index < -0.39 is 5.82 Å². The fourth-order valence-electron chi connectivity index (χ4n) is 2.05. The Morgan fingerprint density at radius 3 is 2.35 bits per heavy atom. The van der Waals surface area contributed by atoms with Crippen molar-refractivity contribution in [3.63, 3.8) is 0 Å². The first-order chi connectivity index (χ1) is 9.52. The number of carbonyl (C=O) groups is 1. The van der Waals surface area contributed by atoms with Gasteiger partial charge in [0.1, 0.15) is 11.6 Å². The maximum Gasteiger partial charge on any atom is 0.199 e. The number of hydrogen-bond acceptors (Lipinski definition) is 2. The van der Waals surface area contributed by atoms with Gasteiger partial charge < -0.3 is 4.74 Å². The minimum Gasteiger partial charge on any atom is -0.493 e. The van der Waals surface area contributed by atoms with Crippen molar-refractivity contribution in [3.8, 4) is 5.75 Å².